The molecule has 0 fully saturated rings. The van der Waals surface area contributed by atoms with Crippen LogP contribution in [0.1, 0.15) is 5.56 Å². The molecule has 0 spiro atoms. The minimum absolute atomic E-state index is 0.0230. The second kappa shape index (κ2) is 7.91. The van der Waals surface area contributed by atoms with Crippen LogP contribution in [0.15, 0.2) is 53.6 Å². The third kappa shape index (κ3) is 3.95. The van der Waals surface area contributed by atoms with Crippen molar-refractivity contribution < 1.29 is 27.8 Å². The maximum Gasteiger partial charge on any atom is 0.322 e. The minimum Gasteiger partial charge on any atom is -0.497 e. The number of benzene rings is 2. The predicted molar refractivity (Wildman–Crippen MR) is 103 cm³/mol. The molecular weight excluding hydrogens is 384 g/mol. The Hall–Kier alpha value is -3.04. The fourth-order valence-electron chi connectivity index (χ4n) is 2.94. The average Bonchev–Trinajstić information content (AvgIpc) is 3.09. The molecule has 8 nitrogen and oxygen atoms in total. The Morgan fingerprint density at radius 3 is 2.61 bits per heavy atom. The number of carboxylic acid groups (broad SMARTS) is 1. The maximum atomic E-state index is 12.9. The lowest BCUT2D eigenvalue weighted by Crippen LogP contribution is -2.42. The first kappa shape index (κ1) is 19.7. The molecule has 0 radical (unpaired) electrons. The summed E-state index contributed by atoms with van der Waals surface area (Å²) in [5.41, 5.74) is 1.54. The van der Waals surface area contributed by atoms with Gasteiger partial charge in [0, 0.05) is 29.6 Å². The van der Waals surface area contributed by atoms with Crippen molar-refractivity contribution in [2.24, 2.45) is 0 Å². The molecule has 0 amide bonds. The molecule has 28 heavy (non-hydrogen) atoms. The summed E-state index contributed by atoms with van der Waals surface area (Å²) < 4.78 is 38.2. The zero-order chi connectivity index (χ0) is 20.3. The number of H-pyrrole nitrogens is 1. The van der Waals surface area contributed by atoms with Crippen LogP contribution in [0.2, 0.25) is 0 Å². The molecule has 0 saturated carbocycles. The largest absolute Gasteiger partial charge is 0.497 e. The highest BCUT2D eigenvalue weighted by atomic mass is 32.2. The molecule has 1 aromatic heterocycles. The number of carbonyl (C=O) groups is 1. The summed E-state index contributed by atoms with van der Waals surface area (Å²) >= 11 is 0. The summed E-state index contributed by atoms with van der Waals surface area (Å²) in [5, 5.41) is 10.4. The Bertz CT molecular complexity index is 1110. The number of fused-ring (bicyclic) bond motifs is 1. The van der Waals surface area contributed by atoms with Gasteiger partial charge in [0.15, 0.2) is 0 Å². The zero-order valence-electron chi connectivity index (χ0n) is 15.3. The highest BCUT2D eigenvalue weighted by molar-refractivity contribution is 7.89. The maximum absolute atomic E-state index is 12.9. The molecular formula is C19H20N2O6S. The lowest BCUT2D eigenvalue weighted by Gasteiger charge is -2.16. The molecule has 1 heterocycles. The second-order valence-electron chi connectivity index (χ2n) is 6.09. The normalized spacial score (nSPS) is 12.6. The van der Waals surface area contributed by atoms with E-state index in [4.69, 9.17) is 9.47 Å². The van der Waals surface area contributed by atoms with Gasteiger partial charge < -0.3 is 19.6 Å². The van der Waals surface area contributed by atoms with E-state index in [1.165, 1.54) is 26.4 Å². The van der Waals surface area contributed by atoms with Crippen molar-refractivity contribution >= 4 is 26.9 Å². The zero-order valence-corrected chi connectivity index (χ0v) is 16.1. The Labute approximate surface area is 162 Å². The standard InChI is InChI=1S/C19H20N2O6S/c1-26-13-7-8-17(27-2)18(10-13)28(24,25)21-16(19(22)23)9-12-11-20-15-6-4-3-5-14(12)15/h3-8,10-11,16,20-21H,9H2,1-2H3,(H,22,23)/t16-/m1/s1. The number of rotatable bonds is 8. The highest BCUT2D eigenvalue weighted by Crippen LogP contribution is 2.28. The van der Waals surface area contributed by atoms with E-state index in [1.54, 1.807) is 12.3 Å². The third-order valence-corrected chi connectivity index (χ3v) is 5.85. The van der Waals surface area contributed by atoms with Crippen LogP contribution >= 0.6 is 0 Å². The van der Waals surface area contributed by atoms with Crippen LogP contribution in [0, 0.1) is 0 Å². The van der Waals surface area contributed by atoms with Gasteiger partial charge in [0.1, 0.15) is 22.4 Å². The van der Waals surface area contributed by atoms with Crippen LogP contribution < -0.4 is 14.2 Å². The van der Waals surface area contributed by atoms with E-state index in [0.717, 1.165) is 10.9 Å². The van der Waals surface area contributed by atoms with Gasteiger partial charge in [-0.3, -0.25) is 4.79 Å². The average molecular weight is 404 g/mol. The van der Waals surface area contributed by atoms with Gasteiger partial charge in [0.2, 0.25) is 10.0 Å². The third-order valence-electron chi connectivity index (χ3n) is 4.35. The van der Waals surface area contributed by atoms with E-state index in [2.05, 4.69) is 9.71 Å². The molecule has 2 aromatic carbocycles. The number of hydrogen-bond acceptors (Lipinski definition) is 5. The first-order valence-corrected chi connectivity index (χ1v) is 9.86. The quantitative estimate of drug-likeness (QED) is 0.530. The van der Waals surface area contributed by atoms with Crippen LogP contribution in [-0.2, 0) is 21.2 Å². The Balaban J connectivity index is 1.93. The van der Waals surface area contributed by atoms with E-state index in [1.807, 2.05) is 24.3 Å². The number of para-hydroxylation sites is 1. The SMILES string of the molecule is COc1ccc(OC)c(S(=O)(=O)N[C@H](Cc2c[nH]c3ccccc23)C(=O)O)c1. The van der Waals surface area contributed by atoms with Crippen LogP contribution in [0.25, 0.3) is 10.9 Å². The van der Waals surface area contributed by atoms with Gasteiger partial charge in [-0.1, -0.05) is 18.2 Å². The predicted octanol–water partition coefficient (Wildman–Crippen LogP) is 2.16. The monoisotopic (exact) mass is 404 g/mol. The van der Waals surface area contributed by atoms with Gasteiger partial charge in [0.25, 0.3) is 0 Å². The van der Waals surface area contributed by atoms with Crippen molar-refractivity contribution in [3.05, 3.63) is 54.2 Å². The Morgan fingerprint density at radius 2 is 1.93 bits per heavy atom. The number of hydrogen-bond donors (Lipinski definition) is 3. The molecule has 3 rings (SSSR count). The number of aromatic amines is 1. The van der Waals surface area contributed by atoms with E-state index < -0.39 is 22.0 Å². The number of sulfonamides is 1. The van der Waals surface area contributed by atoms with E-state index in [0.29, 0.717) is 11.3 Å². The Kier molecular flexibility index (Phi) is 5.57. The van der Waals surface area contributed by atoms with Crippen molar-refractivity contribution in [2.45, 2.75) is 17.4 Å². The van der Waals surface area contributed by atoms with Gasteiger partial charge in [-0.2, -0.15) is 4.72 Å². The lowest BCUT2D eigenvalue weighted by molar-refractivity contribution is -0.138. The number of nitrogens with one attached hydrogen (secondary N) is 2. The smallest absolute Gasteiger partial charge is 0.322 e. The molecule has 9 heteroatoms. The summed E-state index contributed by atoms with van der Waals surface area (Å²) in [4.78, 5) is 14.6. The summed E-state index contributed by atoms with van der Waals surface area (Å²) in [6, 6.07) is 10.3. The Morgan fingerprint density at radius 1 is 1.18 bits per heavy atom. The number of methoxy groups -OCH3 is 2. The molecule has 0 aliphatic rings. The van der Waals surface area contributed by atoms with Crippen molar-refractivity contribution in [1.82, 2.24) is 9.71 Å². The van der Waals surface area contributed by atoms with Crippen molar-refractivity contribution in [3.8, 4) is 11.5 Å². The summed E-state index contributed by atoms with van der Waals surface area (Å²) in [6.45, 7) is 0. The van der Waals surface area contributed by atoms with Crippen LogP contribution in [0.5, 0.6) is 11.5 Å². The minimum atomic E-state index is -4.18. The van der Waals surface area contributed by atoms with E-state index in [9.17, 15) is 18.3 Å². The topological polar surface area (TPSA) is 118 Å². The number of aliphatic carboxylic acids is 1. The van der Waals surface area contributed by atoms with E-state index in [-0.39, 0.29) is 17.1 Å². The van der Waals surface area contributed by atoms with Crippen molar-refractivity contribution in [3.63, 3.8) is 0 Å². The molecule has 0 aliphatic carbocycles. The molecule has 3 N–H and O–H groups in total. The van der Waals surface area contributed by atoms with Crippen LogP contribution in [0.4, 0.5) is 0 Å². The van der Waals surface area contributed by atoms with Gasteiger partial charge >= 0.3 is 5.97 Å². The fourth-order valence-corrected chi connectivity index (χ4v) is 4.32. The van der Waals surface area contributed by atoms with Crippen molar-refractivity contribution in [2.75, 3.05) is 14.2 Å². The van der Waals surface area contributed by atoms with Crippen LogP contribution in [0.3, 0.4) is 0 Å². The first-order chi connectivity index (χ1) is 13.4. The number of aromatic nitrogens is 1. The second-order valence-corrected chi connectivity index (χ2v) is 7.77. The van der Waals surface area contributed by atoms with Gasteiger partial charge in [-0.15, -0.1) is 0 Å². The van der Waals surface area contributed by atoms with Gasteiger partial charge in [-0.05, 0) is 23.8 Å². The molecule has 148 valence electrons. The van der Waals surface area contributed by atoms with Crippen molar-refractivity contribution in [1.29, 1.82) is 0 Å². The van der Waals surface area contributed by atoms with E-state index >= 15 is 0 Å². The van der Waals surface area contributed by atoms with Gasteiger partial charge in [-0.25, -0.2) is 8.42 Å². The lowest BCUT2D eigenvalue weighted by atomic mass is 10.1. The fraction of sp³-hybridized carbons (Fsp3) is 0.211. The molecule has 0 bridgehead atoms. The molecule has 1 atom stereocenters. The molecule has 0 aliphatic heterocycles. The molecule has 0 unspecified atom stereocenters. The number of ether oxygens (including phenoxy) is 2. The summed E-state index contributed by atoms with van der Waals surface area (Å²) in [5.74, 6) is -0.884. The summed E-state index contributed by atoms with van der Waals surface area (Å²) in [6.07, 6.45) is 1.66. The molecule has 0 saturated heterocycles. The first-order valence-electron chi connectivity index (χ1n) is 8.38. The highest BCUT2D eigenvalue weighted by Gasteiger charge is 2.29. The molecule has 3 aromatic rings. The van der Waals surface area contributed by atoms with Crippen LogP contribution in [-0.4, -0.2) is 44.7 Å². The van der Waals surface area contributed by atoms with Gasteiger partial charge in [0.05, 0.1) is 14.2 Å². The number of carboxylic acids is 1. The summed E-state index contributed by atoms with van der Waals surface area (Å²) in [7, 11) is -1.44.